The van der Waals surface area contributed by atoms with Gasteiger partial charge in [0.25, 0.3) is 5.91 Å². The van der Waals surface area contributed by atoms with E-state index in [1.807, 2.05) is 13.8 Å². The Bertz CT molecular complexity index is 601. The van der Waals surface area contributed by atoms with Crippen LogP contribution in [0.1, 0.15) is 24.2 Å². The average molecular weight is 322 g/mol. The number of thioether (sulfide) groups is 1. The van der Waals surface area contributed by atoms with E-state index in [0.717, 1.165) is 4.90 Å². The molecule has 22 heavy (non-hydrogen) atoms. The van der Waals surface area contributed by atoms with Gasteiger partial charge in [0.2, 0.25) is 5.91 Å². The maximum atomic E-state index is 11.9. The van der Waals surface area contributed by atoms with Gasteiger partial charge in [-0.3, -0.25) is 9.59 Å². The molecule has 0 unspecified atom stereocenters. The van der Waals surface area contributed by atoms with E-state index >= 15 is 0 Å². The van der Waals surface area contributed by atoms with Gasteiger partial charge in [0.15, 0.2) is 6.61 Å². The van der Waals surface area contributed by atoms with Crippen LogP contribution in [-0.2, 0) is 14.3 Å². The van der Waals surface area contributed by atoms with Gasteiger partial charge < -0.3 is 15.4 Å². The van der Waals surface area contributed by atoms with E-state index in [9.17, 15) is 14.4 Å². The molecule has 118 valence electrons. The molecule has 0 bridgehead atoms. The molecular weight excluding hydrogens is 304 g/mol. The molecule has 7 heteroatoms. The Labute approximate surface area is 133 Å². The third-order valence-electron chi connectivity index (χ3n) is 2.89. The molecule has 0 aliphatic carbocycles. The van der Waals surface area contributed by atoms with E-state index in [1.54, 1.807) is 18.2 Å². The number of ether oxygens (including phenoxy) is 1. The van der Waals surface area contributed by atoms with E-state index in [4.69, 9.17) is 4.74 Å². The maximum Gasteiger partial charge on any atom is 0.338 e. The quantitative estimate of drug-likeness (QED) is 0.806. The number of rotatable bonds is 5. The molecule has 6 nitrogen and oxygen atoms in total. The highest BCUT2D eigenvalue weighted by Crippen LogP contribution is 2.32. The van der Waals surface area contributed by atoms with Crippen molar-refractivity contribution in [3.8, 4) is 0 Å². The molecule has 1 aliphatic heterocycles. The van der Waals surface area contributed by atoms with Crippen LogP contribution in [0, 0.1) is 5.92 Å². The average Bonchev–Trinajstić information content (AvgIpc) is 2.49. The Hall–Kier alpha value is -2.02. The molecule has 0 aromatic heterocycles. The summed E-state index contributed by atoms with van der Waals surface area (Å²) in [6.07, 6.45) is 0. The normalized spacial score (nSPS) is 13.3. The van der Waals surface area contributed by atoms with Crippen LogP contribution in [0.15, 0.2) is 23.1 Å². The van der Waals surface area contributed by atoms with Crippen molar-refractivity contribution in [3.05, 3.63) is 23.8 Å². The summed E-state index contributed by atoms with van der Waals surface area (Å²) >= 11 is 1.42. The second-order valence-electron chi connectivity index (χ2n) is 5.32. The Morgan fingerprint density at radius 1 is 1.41 bits per heavy atom. The van der Waals surface area contributed by atoms with Gasteiger partial charge in [-0.2, -0.15) is 0 Å². The lowest BCUT2D eigenvalue weighted by molar-refractivity contribution is -0.124. The van der Waals surface area contributed by atoms with Gasteiger partial charge in [0.1, 0.15) is 0 Å². The molecule has 2 amide bonds. The van der Waals surface area contributed by atoms with E-state index < -0.39 is 5.97 Å². The van der Waals surface area contributed by atoms with Crippen molar-refractivity contribution in [2.24, 2.45) is 5.92 Å². The number of hydrogen-bond donors (Lipinski definition) is 2. The Morgan fingerprint density at radius 2 is 2.18 bits per heavy atom. The van der Waals surface area contributed by atoms with Gasteiger partial charge in [-0.25, -0.2) is 4.79 Å². The highest BCUT2D eigenvalue weighted by molar-refractivity contribution is 8.00. The zero-order valence-corrected chi connectivity index (χ0v) is 13.3. The predicted molar refractivity (Wildman–Crippen MR) is 83.9 cm³/mol. The molecule has 2 N–H and O–H groups in total. The summed E-state index contributed by atoms with van der Waals surface area (Å²) in [6.45, 7) is 4.18. The summed E-state index contributed by atoms with van der Waals surface area (Å²) in [5.41, 5.74) is 0.901. The number of anilines is 1. The molecule has 0 saturated heterocycles. The first kappa shape index (κ1) is 16.4. The van der Waals surface area contributed by atoms with Crippen molar-refractivity contribution in [3.63, 3.8) is 0 Å². The number of carbonyl (C=O) groups is 3. The fourth-order valence-electron chi connectivity index (χ4n) is 1.79. The van der Waals surface area contributed by atoms with Crippen LogP contribution in [0.25, 0.3) is 0 Å². The second kappa shape index (κ2) is 7.31. The van der Waals surface area contributed by atoms with Crippen LogP contribution in [0.4, 0.5) is 5.69 Å². The summed E-state index contributed by atoms with van der Waals surface area (Å²) in [4.78, 5) is 35.7. The van der Waals surface area contributed by atoms with Crippen molar-refractivity contribution in [2.45, 2.75) is 18.7 Å². The maximum absolute atomic E-state index is 11.9. The number of nitrogens with one attached hydrogen (secondary N) is 2. The van der Waals surface area contributed by atoms with Gasteiger partial charge in [0.05, 0.1) is 17.0 Å². The summed E-state index contributed by atoms with van der Waals surface area (Å²) in [7, 11) is 0. The molecule has 0 spiro atoms. The first-order chi connectivity index (χ1) is 10.5. The third-order valence-corrected chi connectivity index (χ3v) is 3.96. The van der Waals surface area contributed by atoms with Crippen LogP contribution in [-0.4, -0.2) is 36.7 Å². The van der Waals surface area contributed by atoms with Crippen molar-refractivity contribution in [2.75, 3.05) is 24.2 Å². The minimum Gasteiger partial charge on any atom is -0.452 e. The molecule has 1 aromatic carbocycles. The van der Waals surface area contributed by atoms with Gasteiger partial charge in [-0.15, -0.1) is 11.8 Å². The van der Waals surface area contributed by atoms with E-state index in [0.29, 0.717) is 29.5 Å². The second-order valence-corrected chi connectivity index (χ2v) is 6.34. The van der Waals surface area contributed by atoms with E-state index in [2.05, 4.69) is 10.6 Å². The first-order valence-electron chi connectivity index (χ1n) is 6.96. The van der Waals surface area contributed by atoms with Crippen LogP contribution in [0.5, 0.6) is 0 Å². The first-order valence-corrected chi connectivity index (χ1v) is 7.95. The minimum absolute atomic E-state index is 0.101. The SMILES string of the molecule is CC(C)CNC(=O)COC(=O)c1ccc2c(c1)NC(=O)CS2. The largest absolute Gasteiger partial charge is 0.452 e. The molecule has 1 aliphatic rings. The van der Waals surface area contributed by atoms with E-state index in [1.165, 1.54) is 11.8 Å². The van der Waals surface area contributed by atoms with Gasteiger partial charge in [-0.1, -0.05) is 13.8 Å². The van der Waals surface area contributed by atoms with E-state index in [-0.39, 0.29) is 18.4 Å². The Balaban J connectivity index is 1.91. The smallest absolute Gasteiger partial charge is 0.338 e. The summed E-state index contributed by atoms with van der Waals surface area (Å²) in [6, 6.07) is 4.94. The number of esters is 1. The van der Waals surface area contributed by atoms with Crippen LogP contribution < -0.4 is 10.6 Å². The van der Waals surface area contributed by atoms with Crippen molar-refractivity contribution >= 4 is 35.2 Å². The third kappa shape index (κ3) is 4.49. The number of carbonyl (C=O) groups excluding carboxylic acids is 3. The van der Waals surface area contributed by atoms with Gasteiger partial charge in [-0.05, 0) is 24.1 Å². The summed E-state index contributed by atoms with van der Waals surface area (Å²) in [5, 5.41) is 5.37. The zero-order chi connectivity index (χ0) is 16.1. The van der Waals surface area contributed by atoms with Crippen molar-refractivity contribution in [1.82, 2.24) is 5.32 Å². The fourth-order valence-corrected chi connectivity index (χ4v) is 2.58. The molecule has 0 atom stereocenters. The van der Waals surface area contributed by atoms with Gasteiger partial charge in [0, 0.05) is 11.4 Å². The van der Waals surface area contributed by atoms with Crippen LogP contribution >= 0.6 is 11.8 Å². The van der Waals surface area contributed by atoms with Crippen LogP contribution in [0.3, 0.4) is 0 Å². The molecule has 2 rings (SSSR count). The molecular formula is C15H18N2O4S. The molecule has 0 saturated carbocycles. The fraction of sp³-hybridized carbons (Fsp3) is 0.400. The molecule has 0 radical (unpaired) electrons. The minimum atomic E-state index is -0.590. The standard InChI is InChI=1S/C15H18N2O4S/c1-9(2)6-16-13(18)7-21-15(20)10-3-4-12-11(5-10)17-14(19)8-22-12/h3-5,9H,6-8H2,1-2H3,(H,16,18)(H,17,19). The number of amides is 2. The highest BCUT2D eigenvalue weighted by Gasteiger charge is 2.18. The topological polar surface area (TPSA) is 84.5 Å². The van der Waals surface area contributed by atoms with Crippen molar-refractivity contribution in [1.29, 1.82) is 0 Å². The highest BCUT2D eigenvalue weighted by atomic mass is 32.2. The molecule has 1 aromatic rings. The van der Waals surface area contributed by atoms with Crippen molar-refractivity contribution < 1.29 is 19.1 Å². The lowest BCUT2D eigenvalue weighted by atomic mass is 10.2. The number of benzene rings is 1. The molecule has 0 fully saturated rings. The summed E-state index contributed by atoms with van der Waals surface area (Å²) in [5.74, 6) is -0.319. The number of fused-ring (bicyclic) bond motifs is 1. The van der Waals surface area contributed by atoms with Crippen LogP contribution in [0.2, 0.25) is 0 Å². The predicted octanol–water partition coefficient (Wildman–Crippen LogP) is 1.66. The van der Waals surface area contributed by atoms with Gasteiger partial charge >= 0.3 is 5.97 Å². The molecule has 1 heterocycles. The number of hydrogen-bond acceptors (Lipinski definition) is 5. The Kier molecular flexibility index (Phi) is 5.43. The Morgan fingerprint density at radius 3 is 2.91 bits per heavy atom. The lowest BCUT2D eigenvalue weighted by Gasteiger charge is -2.16. The monoisotopic (exact) mass is 322 g/mol. The lowest BCUT2D eigenvalue weighted by Crippen LogP contribution is -2.31. The summed E-state index contributed by atoms with van der Waals surface area (Å²) < 4.78 is 4.97. The zero-order valence-electron chi connectivity index (χ0n) is 12.5.